The Labute approximate surface area is 148 Å². The summed E-state index contributed by atoms with van der Waals surface area (Å²) in [6.45, 7) is 1.66. The van der Waals surface area contributed by atoms with Crippen LogP contribution in [0.2, 0.25) is 5.02 Å². The molecule has 1 unspecified atom stereocenters. The van der Waals surface area contributed by atoms with Crippen LogP contribution in [0.3, 0.4) is 0 Å². The predicted octanol–water partition coefficient (Wildman–Crippen LogP) is 2.75. The van der Waals surface area contributed by atoms with Crippen molar-refractivity contribution in [2.75, 3.05) is 0 Å². The number of aliphatic hydroxyl groups is 1. The fourth-order valence-corrected chi connectivity index (χ4v) is 3.20. The molecule has 3 rings (SSSR count). The molecule has 1 saturated carbocycles. The minimum absolute atomic E-state index is 0.0673. The highest BCUT2D eigenvalue weighted by Gasteiger charge is 2.36. The van der Waals surface area contributed by atoms with Crippen LogP contribution in [0.5, 0.6) is 0 Å². The van der Waals surface area contributed by atoms with Gasteiger partial charge in [-0.25, -0.2) is 8.78 Å². The Morgan fingerprint density at radius 3 is 2.76 bits per heavy atom. The first-order valence-electron chi connectivity index (χ1n) is 7.95. The number of rotatable bonds is 5. The van der Waals surface area contributed by atoms with Crippen molar-refractivity contribution in [3.8, 4) is 0 Å². The number of aryl methyl sites for hydroxylation is 1. The average Bonchev–Trinajstić information content (AvgIpc) is 2.80. The van der Waals surface area contributed by atoms with Crippen molar-refractivity contribution in [3.05, 3.63) is 52.3 Å². The molecule has 8 heteroatoms. The normalized spacial score (nSPS) is 20.8. The number of nitrogens with zero attached hydrogens (tertiary/aromatic N) is 2. The lowest BCUT2D eigenvalue weighted by Crippen LogP contribution is -2.42. The minimum atomic E-state index is -0.718. The van der Waals surface area contributed by atoms with Gasteiger partial charge in [-0.1, -0.05) is 17.7 Å². The number of amides is 1. The zero-order valence-electron chi connectivity index (χ0n) is 13.5. The molecule has 0 saturated heterocycles. The molecule has 25 heavy (non-hydrogen) atoms. The summed E-state index contributed by atoms with van der Waals surface area (Å²) >= 11 is 5.92. The van der Waals surface area contributed by atoms with Gasteiger partial charge in [-0.15, -0.1) is 0 Å². The summed E-state index contributed by atoms with van der Waals surface area (Å²) in [6, 6.07) is 2.64. The van der Waals surface area contributed by atoms with Gasteiger partial charge in [0, 0.05) is 17.8 Å². The van der Waals surface area contributed by atoms with E-state index in [0.717, 1.165) is 12.1 Å². The second-order valence-electron chi connectivity index (χ2n) is 6.36. The predicted molar refractivity (Wildman–Crippen MR) is 87.9 cm³/mol. The second kappa shape index (κ2) is 7.09. The van der Waals surface area contributed by atoms with E-state index in [9.17, 15) is 18.7 Å². The zero-order chi connectivity index (χ0) is 18.1. The lowest BCUT2D eigenvalue weighted by atomic mass is 9.75. The van der Waals surface area contributed by atoms with E-state index in [-0.39, 0.29) is 23.9 Å². The number of benzene rings is 1. The van der Waals surface area contributed by atoms with Gasteiger partial charge in [-0.2, -0.15) is 5.10 Å². The summed E-state index contributed by atoms with van der Waals surface area (Å²) in [5.41, 5.74) is 0.819. The van der Waals surface area contributed by atoms with Crippen molar-refractivity contribution in [2.45, 2.75) is 38.5 Å². The fourth-order valence-electron chi connectivity index (χ4n) is 3.05. The Kier molecular flexibility index (Phi) is 5.06. The Balaban J connectivity index is 1.76. The maximum Gasteiger partial charge on any atom is 0.242 e. The molecule has 1 aromatic heterocycles. The van der Waals surface area contributed by atoms with Gasteiger partial charge >= 0.3 is 0 Å². The molecule has 134 valence electrons. The molecule has 5 nitrogen and oxygen atoms in total. The zero-order valence-corrected chi connectivity index (χ0v) is 14.3. The van der Waals surface area contributed by atoms with Crippen LogP contribution in [-0.2, 0) is 11.3 Å². The highest BCUT2D eigenvalue weighted by molar-refractivity contribution is 6.31. The van der Waals surface area contributed by atoms with Gasteiger partial charge in [0.05, 0.1) is 22.9 Å². The van der Waals surface area contributed by atoms with E-state index in [1.54, 1.807) is 6.92 Å². The third kappa shape index (κ3) is 3.99. The van der Waals surface area contributed by atoms with Crippen molar-refractivity contribution in [2.24, 2.45) is 5.92 Å². The topological polar surface area (TPSA) is 67.2 Å². The molecule has 0 aliphatic heterocycles. The first kappa shape index (κ1) is 17.8. The van der Waals surface area contributed by atoms with E-state index in [4.69, 9.17) is 11.6 Å². The Morgan fingerprint density at radius 1 is 1.48 bits per heavy atom. The SMILES string of the molecule is Cc1nn(CC(=O)NC(c2ccc(F)cc2F)C2CC(O)C2)cc1Cl. The van der Waals surface area contributed by atoms with E-state index in [2.05, 4.69) is 10.4 Å². The average molecular weight is 370 g/mol. The van der Waals surface area contributed by atoms with Crippen LogP contribution in [-0.4, -0.2) is 26.9 Å². The van der Waals surface area contributed by atoms with Crippen molar-refractivity contribution >= 4 is 17.5 Å². The molecule has 1 amide bonds. The molecule has 1 aliphatic carbocycles. The molecule has 0 radical (unpaired) electrons. The number of hydrogen-bond donors (Lipinski definition) is 2. The molecule has 2 N–H and O–H groups in total. The third-order valence-corrected chi connectivity index (χ3v) is 4.80. The molecule has 0 bridgehead atoms. The summed E-state index contributed by atoms with van der Waals surface area (Å²) in [5.74, 6) is -1.87. The second-order valence-corrected chi connectivity index (χ2v) is 6.76. The molecule has 0 spiro atoms. The maximum absolute atomic E-state index is 14.2. The first-order valence-corrected chi connectivity index (χ1v) is 8.33. The molecule has 1 fully saturated rings. The van der Waals surface area contributed by atoms with Crippen LogP contribution >= 0.6 is 11.6 Å². The lowest BCUT2D eigenvalue weighted by molar-refractivity contribution is -0.123. The van der Waals surface area contributed by atoms with Gasteiger partial charge in [0.2, 0.25) is 5.91 Å². The molecular weight excluding hydrogens is 352 g/mol. The summed E-state index contributed by atoms with van der Waals surface area (Å²) in [4.78, 5) is 12.3. The number of carbonyl (C=O) groups is 1. The number of hydrogen-bond acceptors (Lipinski definition) is 3. The summed E-state index contributed by atoms with van der Waals surface area (Å²) in [5, 5.41) is 16.9. The van der Waals surface area contributed by atoms with Crippen LogP contribution in [0.25, 0.3) is 0 Å². The van der Waals surface area contributed by atoms with Gasteiger partial charge in [0.1, 0.15) is 18.2 Å². The number of nitrogens with one attached hydrogen (secondary N) is 1. The number of aromatic nitrogens is 2. The van der Waals surface area contributed by atoms with E-state index in [1.807, 2.05) is 0 Å². The van der Waals surface area contributed by atoms with Gasteiger partial charge in [-0.05, 0) is 31.7 Å². The van der Waals surface area contributed by atoms with Crippen LogP contribution < -0.4 is 5.32 Å². The first-order chi connectivity index (χ1) is 11.8. The van der Waals surface area contributed by atoms with E-state index in [0.29, 0.717) is 23.6 Å². The van der Waals surface area contributed by atoms with Gasteiger partial charge < -0.3 is 10.4 Å². The highest BCUT2D eigenvalue weighted by atomic mass is 35.5. The molecule has 1 aliphatic rings. The standard InChI is InChI=1S/C17H18ClF2N3O2/c1-9-14(18)7-23(22-9)8-16(25)21-17(10-4-12(24)5-10)13-3-2-11(19)6-15(13)20/h2-3,6-7,10,12,17,24H,4-5,8H2,1H3,(H,21,25). The number of aliphatic hydroxyl groups excluding tert-OH is 1. The van der Waals surface area contributed by atoms with Crippen LogP contribution in [0.4, 0.5) is 8.78 Å². The van der Waals surface area contributed by atoms with E-state index < -0.39 is 23.8 Å². The largest absolute Gasteiger partial charge is 0.393 e. The smallest absolute Gasteiger partial charge is 0.242 e. The molecule has 2 aromatic rings. The van der Waals surface area contributed by atoms with E-state index in [1.165, 1.54) is 16.9 Å². The monoisotopic (exact) mass is 369 g/mol. The van der Waals surface area contributed by atoms with E-state index >= 15 is 0 Å². The minimum Gasteiger partial charge on any atom is -0.393 e. The Bertz CT molecular complexity index is 771. The van der Waals surface area contributed by atoms with Crippen molar-refractivity contribution in [3.63, 3.8) is 0 Å². The summed E-state index contributed by atoms with van der Waals surface area (Å²) in [7, 11) is 0. The molecule has 1 aromatic carbocycles. The van der Waals surface area contributed by atoms with Gasteiger partial charge in [0.25, 0.3) is 0 Å². The van der Waals surface area contributed by atoms with Gasteiger partial charge in [-0.3, -0.25) is 9.48 Å². The number of halogens is 3. The fraction of sp³-hybridized carbons (Fsp3) is 0.412. The quantitative estimate of drug-likeness (QED) is 0.851. The van der Waals surface area contributed by atoms with Crippen LogP contribution in [0, 0.1) is 24.5 Å². The maximum atomic E-state index is 14.2. The van der Waals surface area contributed by atoms with Crippen molar-refractivity contribution in [1.29, 1.82) is 0 Å². The highest BCUT2D eigenvalue weighted by Crippen LogP contribution is 2.39. The van der Waals surface area contributed by atoms with Crippen molar-refractivity contribution in [1.82, 2.24) is 15.1 Å². The third-order valence-electron chi connectivity index (χ3n) is 4.43. The molecular formula is C17H18ClF2N3O2. The Hall–Kier alpha value is -1.99. The van der Waals surface area contributed by atoms with Crippen LogP contribution in [0.15, 0.2) is 24.4 Å². The van der Waals surface area contributed by atoms with Crippen LogP contribution in [0.1, 0.15) is 30.1 Å². The molecule has 1 heterocycles. The van der Waals surface area contributed by atoms with Gasteiger partial charge in [0.15, 0.2) is 0 Å². The van der Waals surface area contributed by atoms with Crippen molar-refractivity contribution < 1.29 is 18.7 Å². The summed E-state index contributed by atoms with van der Waals surface area (Å²) < 4.78 is 28.7. The molecule has 1 atom stereocenters. The Morgan fingerprint density at radius 2 is 2.20 bits per heavy atom. The summed E-state index contributed by atoms with van der Waals surface area (Å²) in [6.07, 6.45) is 1.99. The lowest BCUT2D eigenvalue weighted by Gasteiger charge is -2.38. The number of carbonyl (C=O) groups excluding carboxylic acids is 1.